The normalized spacial score (nSPS) is 21.4. The van der Waals surface area contributed by atoms with E-state index in [9.17, 15) is 4.79 Å². The number of nitrogens with two attached hydrogens (primary N) is 1. The fourth-order valence-corrected chi connectivity index (χ4v) is 1.27. The van der Waals surface area contributed by atoms with Crippen molar-refractivity contribution in [3.8, 4) is 0 Å². The smallest absolute Gasteiger partial charge is 0.220 e. The third kappa shape index (κ3) is 1.44. The Bertz CT molecular complexity index is 118. The lowest BCUT2D eigenvalue weighted by Gasteiger charge is -2.06. The van der Waals surface area contributed by atoms with E-state index >= 15 is 0 Å². The molecule has 1 unspecified atom stereocenters. The molecule has 0 aromatic carbocycles. The third-order valence-electron chi connectivity index (χ3n) is 2.00. The highest BCUT2D eigenvalue weighted by molar-refractivity contribution is 5.77. The van der Waals surface area contributed by atoms with Crippen LogP contribution in [0, 0.1) is 11.8 Å². The summed E-state index contributed by atoms with van der Waals surface area (Å²) in [5.41, 5.74) is 5.15. The molecular weight excluding hydrogens is 114 g/mol. The molecule has 1 fully saturated rings. The van der Waals surface area contributed by atoms with Gasteiger partial charge < -0.3 is 5.73 Å². The molecule has 1 aliphatic rings. The molecule has 52 valence electrons. The summed E-state index contributed by atoms with van der Waals surface area (Å²) in [5, 5.41) is 0. The van der Waals surface area contributed by atoms with Gasteiger partial charge in [-0.2, -0.15) is 0 Å². The fraction of sp³-hybridized carbons (Fsp3) is 0.857. The van der Waals surface area contributed by atoms with E-state index in [1.165, 1.54) is 12.8 Å². The van der Waals surface area contributed by atoms with Crippen molar-refractivity contribution in [1.29, 1.82) is 0 Å². The summed E-state index contributed by atoms with van der Waals surface area (Å²) < 4.78 is 0. The van der Waals surface area contributed by atoms with Gasteiger partial charge in [-0.05, 0) is 25.2 Å². The molecule has 2 N–H and O–H groups in total. The zero-order chi connectivity index (χ0) is 6.85. The Morgan fingerprint density at radius 1 is 1.78 bits per heavy atom. The molecule has 0 aromatic rings. The average Bonchev–Trinajstić information content (AvgIpc) is 2.50. The van der Waals surface area contributed by atoms with Gasteiger partial charge in [0.2, 0.25) is 5.91 Å². The van der Waals surface area contributed by atoms with E-state index in [1.807, 2.05) is 6.92 Å². The summed E-state index contributed by atoms with van der Waals surface area (Å²) >= 11 is 0. The molecule has 1 atom stereocenters. The number of carbonyl (C=O) groups is 1. The number of primary amides is 1. The molecule has 0 aromatic heterocycles. The zero-order valence-corrected chi connectivity index (χ0v) is 5.76. The standard InChI is InChI=1S/C7H13NO/c1-2-6(7(8)9)5-3-4-5/h5-6H,2-4H2,1H3,(H2,8,9). The van der Waals surface area contributed by atoms with Crippen LogP contribution in [0.2, 0.25) is 0 Å². The molecule has 0 spiro atoms. The van der Waals surface area contributed by atoms with E-state index in [4.69, 9.17) is 5.73 Å². The van der Waals surface area contributed by atoms with Gasteiger partial charge in [-0.3, -0.25) is 4.79 Å². The van der Waals surface area contributed by atoms with E-state index in [-0.39, 0.29) is 11.8 Å². The second-order valence-electron chi connectivity index (χ2n) is 2.75. The van der Waals surface area contributed by atoms with Crippen LogP contribution in [0.5, 0.6) is 0 Å². The number of hydrogen-bond acceptors (Lipinski definition) is 1. The van der Waals surface area contributed by atoms with Gasteiger partial charge >= 0.3 is 0 Å². The third-order valence-corrected chi connectivity index (χ3v) is 2.00. The van der Waals surface area contributed by atoms with Crippen molar-refractivity contribution in [3.05, 3.63) is 0 Å². The molecule has 2 heteroatoms. The van der Waals surface area contributed by atoms with Gasteiger partial charge in [0, 0.05) is 5.92 Å². The summed E-state index contributed by atoms with van der Waals surface area (Å²) in [6.45, 7) is 2.02. The van der Waals surface area contributed by atoms with Gasteiger partial charge in [0.15, 0.2) is 0 Å². The SMILES string of the molecule is CCC(C(N)=O)C1CC1. The predicted molar refractivity (Wildman–Crippen MR) is 35.7 cm³/mol. The Kier molecular flexibility index (Phi) is 1.74. The second kappa shape index (κ2) is 2.38. The second-order valence-corrected chi connectivity index (χ2v) is 2.75. The van der Waals surface area contributed by atoms with Crippen LogP contribution in [-0.2, 0) is 4.79 Å². The van der Waals surface area contributed by atoms with E-state index in [0.29, 0.717) is 5.92 Å². The van der Waals surface area contributed by atoms with E-state index < -0.39 is 0 Å². The number of rotatable bonds is 3. The molecule has 1 saturated carbocycles. The predicted octanol–water partition coefficient (Wildman–Crippen LogP) is 0.908. The summed E-state index contributed by atoms with van der Waals surface area (Å²) in [7, 11) is 0. The largest absolute Gasteiger partial charge is 0.369 e. The highest BCUT2D eigenvalue weighted by Crippen LogP contribution is 2.37. The van der Waals surface area contributed by atoms with Crippen molar-refractivity contribution in [2.75, 3.05) is 0 Å². The molecule has 1 aliphatic carbocycles. The first-order chi connectivity index (χ1) is 4.25. The van der Waals surface area contributed by atoms with Crippen molar-refractivity contribution >= 4 is 5.91 Å². The minimum atomic E-state index is -0.111. The fourth-order valence-electron chi connectivity index (χ4n) is 1.27. The maximum absolute atomic E-state index is 10.6. The van der Waals surface area contributed by atoms with E-state index in [0.717, 1.165) is 6.42 Å². The Morgan fingerprint density at radius 2 is 2.33 bits per heavy atom. The molecule has 9 heavy (non-hydrogen) atoms. The quantitative estimate of drug-likeness (QED) is 0.601. The summed E-state index contributed by atoms with van der Waals surface area (Å²) in [5.74, 6) is 0.692. The first-order valence-corrected chi connectivity index (χ1v) is 3.55. The van der Waals surface area contributed by atoms with Crippen LogP contribution in [-0.4, -0.2) is 5.91 Å². The lowest BCUT2D eigenvalue weighted by atomic mass is 10.0. The van der Waals surface area contributed by atoms with Crippen LogP contribution in [0.1, 0.15) is 26.2 Å². The van der Waals surface area contributed by atoms with E-state index in [1.54, 1.807) is 0 Å². The molecule has 0 heterocycles. The minimum Gasteiger partial charge on any atom is -0.369 e. The maximum Gasteiger partial charge on any atom is 0.220 e. The highest BCUT2D eigenvalue weighted by atomic mass is 16.1. The van der Waals surface area contributed by atoms with Crippen LogP contribution < -0.4 is 5.73 Å². The van der Waals surface area contributed by atoms with Crippen LogP contribution in [0.3, 0.4) is 0 Å². The molecule has 0 aliphatic heterocycles. The van der Waals surface area contributed by atoms with Crippen LogP contribution in [0.25, 0.3) is 0 Å². The molecule has 0 radical (unpaired) electrons. The highest BCUT2D eigenvalue weighted by Gasteiger charge is 2.33. The first kappa shape index (κ1) is 6.59. The van der Waals surface area contributed by atoms with E-state index in [2.05, 4.69) is 0 Å². The van der Waals surface area contributed by atoms with Gasteiger partial charge in [0.1, 0.15) is 0 Å². The van der Waals surface area contributed by atoms with Gasteiger partial charge in [-0.1, -0.05) is 6.92 Å². The number of carbonyl (C=O) groups excluding carboxylic acids is 1. The minimum absolute atomic E-state index is 0.111. The monoisotopic (exact) mass is 127 g/mol. The summed E-state index contributed by atoms with van der Waals surface area (Å²) in [6, 6.07) is 0. The maximum atomic E-state index is 10.6. The zero-order valence-electron chi connectivity index (χ0n) is 5.76. The Balaban J connectivity index is 2.37. The van der Waals surface area contributed by atoms with Crippen molar-refractivity contribution in [3.63, 3.8) is 0 Å². The van der Waals surface area contributed by atoms with Crippen molar-refractivity contribution in [2.45, 2.75) is 26.2 Å². The van der Waals surface area contributed by atoms with Crippen LogP contribution >= 0.6 is 0 Å². The Labute approximate surface area is 55.4 Å². The average molecular weight is 127 g/mol. The number of amides is 1. The molecule has 0 saturated heterocycles. The van der Waals surface area contributed by atoms with Gasteiger partial charge in [0.05, 0.1) is 0 Å². The van der Waals surface area contributed by atoms with Gasteiger partial charge in [-0.25, -0.2) is 0 Å². The summed E-state index contributed by atoms with van der Waals surface area (Å²) in [6.07, 6.45) is 3.34. The van der Waals surface area contributed by atoms with Gasteiger partial charge in [-0.15, -0.1) is 0 Å². The van der Waals surface area contributed by atoms with Crippen molar-refractivity contribution in [2.24, 2.45) is 17.6 Å². The lowest BCUT2D eigenvalue weighted by Crippen LogP contribution is -2.23. The van der Waals surface area contributed by atoms with Crippen LogP contribution in [0.4, 0.5) is 0 Å². The molecule has 1 rings (SSSR count). The molecule has 0 bridgehead atoms. The van der Waals surface area contributed by atoms with Gasteiger partial charge in [0.25, 0.3) is 0 Å². The van der Waals surface area contributed by atoms with Crippen molar-refractivity contribution < 1.29 is 4.79 Å². The lowest BCUT2D eigenvalue weighted by molar-refractivity contribution is -0.122. The van der Waals surface area contributed by atoms with Crippen molar-refractivity contribution in [1.82, 2.24) is 0 Å². The number of hydrogen-bond donors (Lipinski definition) is 1. The van der Waals surface area contributed by atoms with Crippen LogP contribution in [0.15, 0.2) is 0 Å². The molecule has 1 amide bonds. The Hall–Kier alpha value is -0.530. The Morgan fingerprint density at radius 3 is 2.44 bits per heavy atom. The molecule has 2 nitrogen and oxygen atoms in total. The first-order valence-electron chi connectivity index (χ1n) is 3.55. The summed E-state index contributed by atoms with van der Waals surface area (Å²) in [4.78, 5) is 10.6. The topological polar surface area (TPSA) is 43.1 Å². The molecular formula is C7H13NO.